The Morgan fingerprint density at radius 3 is 2.49 bits per heavy atom. The van der Waals surface area contributed by atoms with Crippen molar-refractivity contribution in [2.75, 3.05) is 54.6 Å². The SMILES string of the molecule is COc1ccc(OC)c([C@H]2/C(=C(/O)c3ccc4c(c3)OCCO4)C(=O)C(=O)N2CCC[NH+](C)C)c1. The second kappa shape index (κ2) is 10.3. The fourth-order valence-electron chi connectivity index (χ4n) is 4.44. The number of ether oxygens (including phenoxy) is 4. The van der Waals surface area contributed by atoms with Gasteiger partial charge in [0.05, 0.1) is 46.5 Å². The Kier molecular flexibility index (Phi) is 7.16. The Bertz CT molecular complexity index is 1160. The minimum Gasteiger partial charge on any atom is -0.507 e. The zero-order valence-corrected chi connectivity index (χ0v) is 20.4. The summed E-state index contributed by atoms with van der Waals surface area (Å²) in [7, 11) is 7.11. The molecule has 1 saturated heterocycles. The van der Waals surface area contributed by atoms with Crippen LogP contribution in [0.2, 0.25) is 0 Å². The average Bonchev–Trinajstić information content (AvgIpc) is 3.12. The Hall–Kier alpha value is -3.72. The van der Waals surface area contributed by atoms with Crippen LogP contribution in [0.25, 0.3) is 5.76 Å². The van der Waals surface area contributed by atoms with Gasteiger partial charge in [-0.3, -0.25) is 9.59 Å². The molecular weight excluding hydrogens is 452 g/mol. The number of nitrogens with zero attached hydrogens (tertiary/aromatic N) is 1. The van der Waals surface area contributed by atoms with E-state index in [0.717, 1.165) is 6.54 Å². The van der Waals surface area contributed by atoms with Crippen LogP contribution in [-0.2, 0) is 9.59 Å². The number of methoxy groups -OCH3 is 2. The number of aliphatic hydroxyl groups is 1. The summed E-state index contributed by atoms with van der Waals surface area (Å²) in [5, 5.41) is 11.4. The van der Waals surface area contributed by atoms with Crippen LogP contribution < -0.4 is 23.8 Å². The van der Waals surface area contributed by atoms with E-state index in [1.807, 2.05) is 14.1 Å². The van der Waals surface area contributed by atoms with Gasteiger partial charge in [-0.05, 0) is 36.4 Å². The van der Waals surface area contributed by atoms with Crippen molar-refractivity contribution in [3.63, 3.8) is 0 Å². The van der Waals surface area contributed by atoms with E-state index in [0.29, 0.717) is 60.3 Å². The Labute approximate surface area is 204 Å². The van der Waals surface area contributed by atoms with Crippen molar-refractivity contribution < 1.29 is 38.5 Å². The first-order chi connectivity index (χ1) is 16.8. The summed E-state index contributed by atoms with van der Waals surface area (Å²) >= 11 is 0. The van der Waals surface area contributed by atoms with Gasteiger partial charge in [0.2, 0.25) is 0 Å². The van der Waals surface area contributed by atoms with Gasteiger partial charge in [-0.1, -0.05) is 0 Å². The van der Waals surface area contributed by atoms with Gasteiger partial charge < -0.3 is 33.9 Å². The van der Waals surface area contributed by atoms with Crippen molar-refractivity contribution >= 4 is 17.4 Å². The number of hydrogen-bond acceptors (Lipinski definition) is 7. The van der Waals surface area contributed by atoms with Crippen molar-refractivity contribution in [3.8, 4) is 23.0 Å². The van der Waals surface area contributed by atoms with Crippen LogP contribution >= 0.6 is 0 Å². The van der Waals surface area contributed by atoms with Crippen LogP contribution in [0.1, 0.15) is 23.6 Å². The number of fused-ring (bicyclic) bond motifs is 1. The van der Waals surface area contributed by atoms with Gasteiger partial charge in [-0.25, -0.2) is 0 Å². The van der Waals surface area contributed by atoms with Crippen LogP contribution in [-0.4, -0.2) is 76.3 Å². The molecule has 4 rings (SSSR count). The molecule has 1 atom stereocenters. The van der Waals surface area contributed by atoms with E-state index in [2.05, 4.69) is 0 Å². The molecular formula is C26H31N2O7+. The number of amides is 1. The minimum absolute atomic E-state index is 0.00423. The van der Waals surface area contributed by atoms with Crippen molar-refractivity contribution in [3.05, 3.63) is 53.1 Å². The zero-order valence-electron chi connectivity index (χ0n) is 20.4. The Balaban J connectivity index is 1.85. The molecule has 0 unspecified atom stereocenters. The number of carbonyl (C=O) groups is 2. The van der Waals surface area contributed by atoms with Crippen molar-refractivity contribution in [1.82, 2.24) is 4.90 Å². The normalized spacial score (nSPS) is 18.8. The molecule has 35 heavy (non-hydrogen) atoms. The molecule has 0 aliphatic carbocycles. The maximum absolute atomic E-state index is 13.3. The van der Waals surface area contributed by atoms with Gasteiger partial charge in [0.1, 0.15) is 30.5 Å². The number of benzene rings is 2. The van der Waals surface area contributed by atoms with Crippen LogP contribution in [0.4, 0.5) is 0 Å². The number of likely N-dealkylation sites (tertiary alicyclic amines) is 1. The lowest BCUT2D eigenvalue weighted by Gasteiger charge is -2.27. The van der Waals surface area contributed by atoms with Crippen molar-refractivity contribution in [1.29, 1.82) is 0 Å². The molecule has 0 radical (unpaired) electrons. The largest absolute Gasteiger partial charge is 0.507 e. The van der Waals surface area contributed by atoms with E-state index in [1.54, 1.807) is 36.4 Å². The molecule has 0 saturated carbocycles. The summed E-state index contributed by atoms with van der Waals surface area (Å²) in [6, 6.07) is 9.30. The zero-order chi connectivity index (χ0) is 25.1. The molecule has 9 heteroatoms. The maximum atomic E-state index is 13.3. The number of quaternary nitrogens is 1. The summed E-state index contributed by atoms with van der Waals surface area (Å²) in [6.45, 7) is 1.98. The first-order valence-electron chi connectivity index (χ1n) is 11.5. The summed E-state index contributed by atoms with van der Waals surface area (Å²) in [4.78, 5) is 29.3. The number of rotatable bonds is 8. The third-order valence-electron chi connectivity index (χ3n) is 6.16. The first kappa shape index (κ1) is 24.4. The molecule has 186 valence electrons. The van der Waals surface area contributed by atoms with Crippen LogP contribution in [0.5, 0.6) is 23.0 Å². The van der Waals surface area contributed by atoms with Gasteiger partial charge in [-0.15, -0.1) is 0 Å². The topological polar surface area (TPSA) is 99.0 Å². The summed E-state index contributed by atoms with van der Waals surface area (Å²) in [5.74, 6) is 0.370. The smallest absolute Gasteiger partial charge is 0.295 e. The predicted molar refractivity (Wildman–Crippen MR) is 128 cm³/mol. The van der Waals surface area contributed by atoms with Gasteiger partial charge in [-0.2, -0.15) is 0 Å². The number of hydrogen-bond donors (Lipinski definition) is 2. The molecule has 1 fully saturated rings. The number of nitrogens with one attached hydrogen (secondary N) is 1. The maximum Gasteiger partial charge on any atom is 0.295 e. The lowest BCUT2D eigenvalue weighted by atomic mass is 9.94. The van der Waals surface area contributed by atoms with Gasteiger partial charge in [0, 0.05) is 24.1 Å². The number of Topliss-reactive ketones (excluding diaryl/α,β-unsaturated/α-hetero) is 1. The van der Waals surface area contributed by atoms with Gasteiger partial charge in [0.15, 0.2) is 11.5 Å². The second-order valence-electron chi connectivity index (χ2n) is 8.77. The summed E-state index contributed by atoms with van der Waals surface area (Å²) in [6.07, 6.45) is 0.683. The monoisotopic (exact) mass is 483 g/mol. The predicted octanol–water partition coefficient (Wildman–Crippen LogP) is 1.43. The number of carbonyl (C=O) groups excluding carboxylic acids is 2. The lowest BCUT2D eigenvalue weighted by molar-refractivity contribution is -0.858. The van der Waals surface area contributed by atoms with E-state index in [1.165, 1.54) is 24.0 Å². The van der Waals surface area contributed by atoms with Crippen LogP contribution in [0, 0.1) is 0 Å². The third-order valence-corrected chi connectivity index (χ3v) is 6.16. The molecule has 2 N–H and O–H groups in total. The molecule has 0 aromatic heterocycles. The number of ketones is 1. The molecule has 2 aromatic rings. The highest BCUT2D eigenvalue weighted by molar-refractivity contribution is 6.46. The molecule has 2 heterocycles. The summed E-state index contributed by atoms with van der Waals surface area (Å²) in [5.41, 5.74) is 0.912. The molecule has 2 aliphatic rings. The fraction of sp³-hybridized carbons (Fsp3) is 0.385. The van der Waals surface area contributed by atoms with Crippen molar-refractivity contribution in [2.45, 2.75) is 12.5 Å². The molecule has 2 aromatic carbocycles. The van der Waals surface area contributed by atoms with Gasteiger partial charge >= 0.3 is 0 Å². The van der Waals surface area contributed by atoms with E-state index in [-0.39, 0.29) is 11.3 Å². The van der Waals surface area contributed by atoms with Crippen LogP contribution in [0.3, 0.4) is 0 Å². The Morgan fingerprint density at radius 2 is 1.80 bits per heavy atom. The minimum atomic E-state index is -0.842. The lowest BCUT2D eigenvalue weighted by Crippen LogP contribution is -3.05. The first-order valence-corrected chi connectivity index (χ1v) is 11.5. The standard InChI is InChI=1S/C26H30N2O7/c1-27(2)10-5-11-28-23(18-15-17(32-3)7-9-19(18)33-4)22(25(30)26(28)31)24(29)16-6-8-20-21(14-16)35-13-12-34-20/h6-9,14-15,23,29H,5,10-13H2,1-4H3/p+1/b24-22-/t23-/m0/s1. The highest BCUT2D eigenvalue weighted by Crippen LogP contribution is 2.44. The van der Waals surface area contributed by atoms with E-state index < -0.39 is 17.7 Å². The molecule has 0 spiro atoms. The fourth-order valence-corrected chi connectivity index (χ4v) is 4.44. The third kappa shape index (κ3) is 4.77. The highest BCUT2D eigenvalue weighted by Gasteiger charge is 2.47. The van der Waals surface area contributed by atoms with Gasteiger partial charge in [0.25, 0.3) is 11.7 Å². The molecule has 1 amide bonds. The number of aliphatic hydroxyl groups excluding tert-OH is 1. The Morgan fingerprint density at radius 1 is 1.06 bits per heavy atom. The summed E-state index contributed by atoms with van der Waals surface area (Å²) < 4.78 is 22.2. The van der Waals surface area contributed by atoms with Crippen LogP contribution in [0.15, 0.2) is 42.0 Å². The van der Waals surface area contributed by atoms with E-state index in [9.17, 15) is 14.7 Å². The highest BCUT2D eigenvalue weighted by atomic mass is 16.6. The molecule has 9 nitrogen and oxygen atoms in total. The van der Waals surface area contributed by atoms with E-state index in [4.69, 9.17) is 18.9 Å². The van der Waals surface area contributed by atoms with E-state index >= 15 is 0 Å². The average molecular weight is 484 g/mol. The molecule has 2 aliphatic heterocycles. The second-order valence-corrected chi connectivity index (χ2v) is 8.77. The molecule has 0 bridgehead atoms. The quantitative estimate of drug-likeness (QED) is 0.333. The van der Waals surface area contributed by atoms with Crippen molar-refractivity contribution in [2.24, 2.45) is 0 Å².